The molecule has 2 aromatic rings. The smallest absolute Gasteiger partial charge is 0.248 e. The molecular formula is C13H14N4O. The lowest BCUT2D eigenvalue weighted by molar-refractivity contribution is -0.117. The van der Waals surface area contributed by atoms with E-state index in [4.69, 9.17) is 0 Å². The zero-order chi connectivity index (χ0) is 12.5. The summed E-state index contributed by atoms with van der Waals surface area (Å²) >= 11 is 0. The van der Waals surface area contributed by atoms with Crippen LogP contribution in [0, 0.1) is 12.8 Å². The maximum absolute atomic E-state index is 12.0. The Labute approximate surface area is 105 Å². The number of aromatic amines is 1. The van der Waals surface area contributed by atoms with Gasteiger partial charge in [0.05, 0.1) is 0 Å². The second-order valence-electron chi connectivity index (χ2n) is 4.59. The zero-order valence-electron chi connectivity index (χ0n) is 10.1. The average molecular weight is 242 g/mol. The van der Waals surface area contributed by atoms with Crippen LogP contribution in [0.25, 0.3) is 0 Å². The van der Waals surface area contributed by atoms with E-state index in [0.717, 1.165) is 6.42 Å². The number of carbonyl (C=O) groups is 1. The van der Waals surface area contributed by atoms with Gasteiger partial charge >= 0.3 is 0 Å². The topological polar surface area (TPSA) is 70.7 Å². The fraction of sp³-hybridized carbons (Fsp3) is 0.308. The molecule has 2 N–H and O–H groups in total. The Bertz CT molecular complexity index is 563. The summed E-state index contributed by atoms with van der Waals surface area (Å²) in [5.74, 6) is 1.44. The molecule has 0 bridgehead atoms. The molecule has 0 spiro atoms. The van der Waals surface area contributed by atoms with E-state index in [1.165, 1.54) is 5.56 Å². The highest BCUT2D eigenvalue weighted by atomic mass is 16.2. The van der Waals surface area contributed by atoms with E-state index in [2.05, 4.69) is 32.6 Å². The number of aryl methyl sites for hydroxylation is 1. The van der Waals surface area contributed by atoms with Crippen LogP contribution >= 0.6 is 0 Å². The van der Waals surface area contributed by atoms with E-state index in [9.17, 15) is 4.79 Å². The highest BCUT2D eigenvalue weighted by Crippen LogP contribution is 2.47. The number of rotatable bonds is 3. The molecule has 18 heavy (non-hydrogen) atoms. The number of anilines is 1. The largest absolute Gasteiger partial charge is 0.293 e. The van der Waals surface area contributed by atoms with Crippen LogP contribution < -0.4 is 5.32 Å². The minimum Gasteiger partial charge on any atom is -0.293 e. The van der Waals surface area contributed by atoms with Crippen molar-refractivity contribution in [3.63, 3.8) is 0 Å². The van der Waals surface area contributed by atoms with Crippen molar-refractivity contribution < 1.29 is 4.79 Å². The lowest BCUT2D eigenvalue weighted by Gasteiger charge is -2.00. The standard InChI is InChI=1S/C13H14N4O/c1-8-14-13(17-16-8)15-12(18)11-7-10(11)9-5-3-2-4-6-9/h2-6,10-11H,7H2,1H3,(H2,14,15,16,17,18). The van der Waals surface area contributed by atoms with E-state index < -0.39 is 0 Å². The summed E-state index contributed by atoms with van der Waals surface area (Å²) in [5, 5.41) is 9.33. The molecular weight excluding hydrogens is 228 g/mol. The molecule has 1 aliphatic carbocycles. The number of nitrogens with zero attached hydrogens (tertiary/aromatic N) is 2. The van der Waals surface area contributed by atoms with Crippen LogP contribution in [-0.4, -0.2) is 21.1 Å². The third kappa shape index (κ3) is 2.11. The van der Waals surface area contributed by atoms with Crippen LogP contribution in [0.4, 0.5) is 5.95 Å². The minimum atomic E-state index is 0.00264. The van der Waals surface area contributed by atoms with E-state index in [1.54, 1.807) is 6.92 Å². The summed E-state index contributed by atoms with van der Waals surface area (Å²) in [6, 6.07) is 10.1. The summed E-state index contributed by atoms with van der Waals surface area (Å²) in [6.45, 7) is 1.80. The Hall–Kier alpha value is -2.17. The summed E-state index contributed by atoms with van der Waals surface area (Å²) < 4.78 is 0. The van der Waals surface area contributed by atoms with Crippen molar-refractivity contribution >= 4 is 11.9 Å². The Kier molecular flexibility index (Phi) is 2.59. The molecule has 5 heteroatoms. The predicted molar refractivity (Wildman–Crippen MR) is 67.0 cm³/mol. The van der Waals surface area contributed by atoms with Gasteiger partial charge in [-0.3, -0.25) is 15.2 Å². The first kappa shape index (κ1) is 11.0. The van der Waals surface area contributed by atoms with E-state index >= 15 is 0 Å². The number of benzene rings is 1. The summed E-state index contributed by atoms with van der Waals surface area (Å²) in [4.78, 5) is 16.0. The first-order valence-electron chi connectivity index (χ1n) is 5.99. The highest BCUT2D eigenvalue weighted by molar-refractivity contribution is 5.93. The number of amides is 1. The number of H-pyrrole nitrogens is 1. The molecule has 1 aromatic heterocycles. The van der Waals surface area contributed by atoms with E-state index in [0.29, 0.717) is 17.7 Å². The fourth-order valence-corrected chi connectivity index (χ4v) is 2.15. The quantitative estimate of drug-likeness (QED) is 0.863. The first-order chi connectivity index (χ1) is 8.74. The number of nitrogens with one attached hydrogen (secondary N) is 2. The van der Waals surface area contributed by atoms with Crippen molar-refractivity contribution in [3.8, 4) is 0 Å². The molecule has 1 heterocycles. The molecule has 1 amide bonds. The van der Waals surface area contributed by atoms with Crippen molar-refractivity contribution in [2.75, 3.05) is 5.32 Å². The van der Waals surface area contributed by atoms with Crippen LogP contribution in [0.1, 0.15) is 23.7 Å². The molecule has 92 valence electrons. The predicted octanol–water partition coefficient (Wildman–Crippen LogP) is 1.86. The van der Waals surface area contributed by atoms with Gasteiger partial charge in [-0.2, -0.15) is 4.98 Å². The van der Waals surface area contributed by atoms with Gasteiger partial charge < -0.3 is 0 Å². The van der Waals surface area contributed by atoms with Crippen LogP contribution in [0.3, 0.4) is 0 Å². The Morgan fingerprint density at radius 3 is 2.83 bits per heavy atom. The van der Waals surface area contributed by atoms with Crippen LogP contribution in [0.15, 0.2) is 30.3 Å². The maximum Gasteiger partial charge on any atom is 0.248 e. The van der Waals surface area contributed by atoms with Crippen molar-refractivity contribution in [1.82, 2.24) is 15.2 Å². The fourth-order valence-electron chi connectivity index (χ4n) is 2.15. The maximum atomic E-state index is 12.0. The zero-order valence-corrected chi connectivity index (χ0v) is 10.1. The summed E-state index contributed by atoms with van der Waals surface area (Å²) in [6.07, 6.45) is 0.902. The molecule has 1 saturated carbocycles. The molecule has 5 nitrogen and oxygen atoms in total. The van der Waals surface area contributed by atoms with Crippen LogP contribution in [0.2, 0.25) is 0 Å². The number of carbonyl (C=O) groups excluding carboxylic acids is 1. The van der Waals surface area contributed by atoms with Crippen molar-refractivity contribution in [2.24, 2.45) is 5.92 Å². The molecule has 0 aliphatic heterocycles. The third-order valence-corrected chi connectivity index (χ3v) is 3.19. The first-order valence-corrected chi connectivity index (χ1v) is 5.99. The van der Waals surface area contributed by atoms with Gasteiger partial charge in [-0.25, -0.2) is 0 Å². The minimum absolute atomic E-state index is 0.00264. The Balaban J connectivity index is 1.63. The molecule has 1 fully saturated rings. The monoisotopic (exact) mass is 242 g/mol. The lowest BCUT2D eigenvalue weighted by atomic mass is 10.1. The molecule has 3 rings (SSSR count). The summed E-state index contributed by atoms with van der Waals surface area (Å²) in [7, 11) is 0. The lowest BCUT2D eigenvalue weighted by Crippen LogP contribution is -2.15. The van der Waals surface area contributed by atoms with Gasteiger partial charge in [-0.15, -0.1) is 5.10 Å². The highest BCUT2D eigenvalue weighted by Gasteiger charge is 2.44. The van der Waals surface area contributed by atoms with Crippen LogP contribution in [-0.2, 0) is 4.79 Å². The van der Waals surface area contributed by atoms with Gasteiger partial charge in [0.15, 0.2) is 0 Å². The second-order valence-corrected chi connectivity index (χ2v) is 4.59. The molecule has 1 aromatic carbocycles. The van der Waals surface area contributed by atoms with Gasteiger partial charge in [-0.1, -0.05) is 30.3 Å². The normalized spacial score (nSPS) is 21.6. The van der Waals surface area contributed by atoms with Crippen molar-refractivity contribution in [1.29, 1.82) is 0 Å². The number of aromatic nitrogens is 3. The molecule has 0 saturated heterocycles. The Morgan fingerprint density at radius 2 is 2.17 bits per heavy atom. The number of hydrogen-bond acceptors (Lipinski definition) is 3. The average Bonchev–Trinajstić information content (AvgIpc) is 3.09. The summed E-state index contributed by atoms with van der Waals surface area (Å²) in [5.41, 5.74) is 1.23. The number of hydrogen-bond donors (Lipinski definition) is 2. The second kappa shape index (κ2) is 4.25. The van der Waals surface area contributed by atoms with Gasteiger partial charge in [0.1, 0.15) is 5.82 Å². The molecule has 2 atom stereocenters. The van der Waals surface area contributed by atoms with Gasteiger partial charge in [0.2, 0.25) is 11.9 Å². The van der Waals surface area contributed by atoms with Crippen molar-refractivity contribution in [2.45, 2.75) is 19.3 Å². The molecule has 0 radical (unpaired) electrons. The van der Waals surface area contributed by atoms with E-state index in [-0.39, 0.29) is 11.8 Å². The SMILES string of the molecule is Cc1nc(NC(=O)C2CC2c2ccccc2)n[nH]1. The molecule has 1 aliphatic rings. The van der Waals surface area contributed by atoms with Gasteiger partial charge in [0.25, 0.3) is 0 Å². The van der Waals surface area contributed by atoms with Crippen LogP contribution in [0.5, 0.6) is 0 Å². The van der Waals surface area contributed by atoms with Gasteiger partial charge in [-0.05, 0) is 24.8 Å². The van der Waals surface area contributed by atoms with Gasteiger partial charge in [0, 0.05) is 5.92 Å². The van der Waals surface area contributed by atoms with Crippen molar-refractivity contribution in [3.05, 3.63) is 41.7 Å². The van der Waals surface area contributed by atoms with E-state index in [1.807, 2.05) is 18.2 Å². The molecule has 2 unspecified atom stereocenters. The Morgan fingerprint density at radius 1 is 1.39 bits per heavy atom. The third-order valence-electron chi connectivity index (χ3n) is 3.19.